The molecule has 1 aromatic rings. The summed E-state index contributed by atoms with van der Waals surface area (Å²) in [5.74, 6) is -0.331. The molecule has 0 aromatic heterocycles. The molecule has 1 fully saturated rings. The Kier molecular flexibility index (Phi) is 2.62. The van der Waals surface area contributed by atoms with E-state index in [1.807, 2.05) is 0 Å². The van der Waals surface area contributed by atoms with Gasteiger partial charge in [-0.1, -0.05) is 11.6 Å². The van der Waals surface area contributed by atoms with E-state index in [1.54, 1.807) is 13.0 Å². The van der Waals surface area contributed by atoms with Crippen molar-refractivity contribution in [1.29, 1.82) is 0 Å². The lowest BCUT2D eigenvalue weighted by Crippen LogP contribution is -2.43. The van der Waals surface area contributed by atoms with Crippen molar-refractivity contribution in [3.8, 4) is 5.75 Å². The monoisotopic (exact) mass is 227 g/mol. The summed E-state index contributed by atoms with van der Waals surface area (Å²) < 4.78 is 25.4. The van der Waals surface area contributed by atoms with Gasteiger partial charge in [-0.3, -0.25) is 0 Å². The van der Waals surface area contributed by atoms with Crippen LogP contribution in [0.15, 0.2) is 12.1 Å². The molecule has 0 heterocycles. The minimum Gasteiger partial charge on any atom is -0.507 e. The maximum Gasteiger partial charge on any atom is 0.267 e. The summed E-state index contributed by atoms with van der Waals surface area (Å²) in [6.45, 7) is 1.73. The number of nitrogens with two attached hydrogens (primary N) is 1. The molecule has 1 aliphatic carbocycles. The van der Waals surface area contributed by atoms with Crippen LogP contribution in [0, 0.1) is 6.92 Å². The second-order valence-corrected chi connectivity index (χ2v) is 4.56. The van der Waals surface area contributed by atoms with Crippen LogP contribution < -0.4 is 5.73 Å². The van der Waals surface area contributed by atoms with Gasteiger partial charge in [0.25, 0.3) is 6.43 Å². The quantitative estimate of drug-likeness (QED) is 0.815. The van der Waals surface area contributed by atoms with Gasteiger partial charge in [-0.05, 0) is 32.3 Å². The zero-order chi connectivity index (χ0) is 11.9. The van der Waals surface area contributed by atoms with Gasteiger partial charge in [0.1, 0.15) is 5.75 Å². The number of hydrogen-bond acceptors (Lipinski definition) is 2. The Balaban J connectivity index is 2.53. The smallest absolute Gasteiger partial charge is 0.267 e. The van der Waals surface area contributed by atoms with Crippen LogP contribution in [0.25, 0.3) is 0 Å². The van der Waals surface area contributed by atoms with Gasteiger partial charge in [0.2, 0.25) is 0 Å². The van der Waals surface area contributed by atoms with Crippen molar-refractivity contribution in [2.45, 2.75) is 38.2 Å². The minimum absolute atomic E-state index is 0.313. The first kappa shape index (κ1) is 11.3. The summed E-state index contributed by atoms with van der Waals surface area (Å²) in [6.07, 6.45) is -0.199. The fourth-order valence-corrected chi connectivity index (χ4v) is 2.18. The Morgan fingerprint density at radius 3 is 2.44 bits per heavy atom. The van der Waals surface area contributed by atoms with Gasteiger partial charge < -0.3 is 10.8 Å². The number of phenols is 1. The summed E-state index contributed by atoms with van der Waals surface area (Å²) >= 11 is 0. The highest BCUT2D eigenvalue weighted by Gasteiger charge is 2.37. The molecule has 1 saturated carbocycles. The molecule has 0 bridgehead atoms. The normalized spacial score (nSPS) is 18.6. The molecule has 88 valence electrons. The molecule has 0 unspecified atom stereocenters. The zero-order valence-corrected chi connectivity index (χ0v) is 9.13. The minimum atomic E-state index is -2.66. The number of rotatable bonds is 2. The van der Waals surface area contributed by atoms with Crippen molar-refractivity contribution in [3.63, 3.8) is 0 Å². The van der Waals surface area contributed by atoms with E-state index >= 15 is 0 Å². The number of aromatic hydroxyl groups is 1. The van der Waals surface area contributed by atoms with Crippen LogP contribution in [0.1, 0.15) is 42.4 Å². The average molecular weight is 227 g/mol. The van der Waals surface area contributed by atoms with E-state index in [0.29, 0.717) is 11.1 Å². The fourth-order valence-electron chi connectivity index (χ4n) is 2.18. The van der Waals surface area contributed by atoms with E-state index in [9.17, 15) is 13.9 Å². The predicted octanol–water partition coefficient (Wildman–Crippen LogP) is 2.98. The van der Waals surface area contributed by atoms with Crippen LogP contribution in [0.3, 0.4) is 0 Å². The maximum atomic E-state index is 12.7. The Hall–Kier alpha value is -1.16. The Morgan fingerprint density at radius 1 is 1.38 bits per heavy atom. The van der Waals surface area contributed by atoms with Crippen molar-refractivity contribution in [1.82, 2.24) is 0 Å². The Morgan fingerprint density at radius 2 is 2.00 bits per heavy atom. The topological polar surface area (TPSA) is 46.2 Å². The molecule has 0 radical (unpaired) electrons. The highest BCUT2D eigenvalue weighted by atomic mass is 19.3. The Labute approximate surface area is 93.1 Å². The van der Waals surface area contributed by atoms with Gasteiger partial charge in [-0.25, -0.2) is 8.78 Å². The molecular formula is C12H15F2NO. The summed E-state index contributed by atoms with van der Waals surface area (Å²) in [6, 6.07) is 3.02. The molecule has 1 aliphatic rings. The van der Waals surface area contributed by atoms with E-state index in [0.717, 1.165) is 19.3 Å². The largest absolute Gasteiger partial charge is 0.507 e. The third-order valence-electron chi connectivity index (χ3n) is 3.30. The van der Waals surface area contributed by atoms with Crippen LogP contribution in [0.4, 0.5) is 8.78 Å². The highest BCUT2D eigenvalue weighted by molar-refractivity contribution is 5.48. The lowest BCUT2D eigenvalue weighted by Gasteiger charge is -2.39. The van der Waals surface area contributed by atoms with Crippen molar-refractivity contribution in [2.24, 2.45) is 5.73 Å². The van der Waals surface area contributed by atoms with Crippen LogP contribution in [0.5, 0.6) is 5.75 Å². The third-order valence-corrected chi connectivity index (χ3v) is 3.30. The summed E-state index contributed by atoms with van der Waals surface area (Å²) in [7, 11) is 0. The molecule has 0 aliphatic heterocycles. The van der Waals surface area contributed by atoms with Gasteiger partial charge in [0.15, 0.2) is 0 Å². The molecule has 1 aromatic carbocycles. The van der Waals surface area contributed by atoms with E-state index in [-0.39, 0.29) is 11.3 Å². The fraction of sp³-hybridized carbons (Fsp3) is 0.500. The number of halogens is 2. The first-order valence-corrected chi connectivity index (χ1v) is 5.35. The molecule has 0 spiro atoms. The van der Waals surface area contributed by atoms with Gasteiger partial charge in [-0.15, -0.1) is 0 Å². The molecule has 2 nitrogen and oxygen atoms in total. The number of hydrogen-bond donors (Lipinski definition) is 2. The SMILES string of the molecule is Cc1cc(C(F)F)c(O)c(C2(N)CCC2)c1. The Bertz CT molecular complexity index is 414. The van der Waals surface area contributed by atoms with E-state index in [4.69, 9.17) is 5.73 Å². The van der Waals surface area contributed by atoms with E-state index in [1.165, 1.54) is 6.07 Å². The van der Waals surface area contributed by atoms with Crippen LogP contribution in [0.2, 0.25) is 0 Å². The molecule has 0 saturated heterocycles. The highest BCUT2D eigenvalue weighted by Crippen LogP contribution is 2.45. The molecule has 0 amide bonds. The van der Waals surface area contributed by atoms with Crippen molar-refractivity contribution in [2.75, 3.05) is 0 Å². The van der Waals surface area contributed by atoms with Gasteiger partial charge in [0, 0.05) is 11.1 Å². The van der Waals surface area contributed by atoms with E-state index < -0.39 is 12.0 Å². The summed E-state index contributed by atoms with van der Waals surface area (Å²) in [5.41, 5.74) is 6.31. The molecule has 2 rings (SSSR count). The molecule has 3 N–H and O–H groups in total. The van der Waals surface area contributed by atoms with Gasteiger partial charge in [-0.2, -0.15) is 0 Å². The molecular weight excluding hydrogens is 212 g/mol. The second kappa shape index (κ2) is 3.70. The van der Waals surface area contributed by atoms with Crippen LogP contribution >= 0.6 is 0 Å². The molecule has 16 heavy (non-hydrogen) atoms. The summed E-state index contributed by atoms with van der Waals surface area (Å²) in [4.78, 5) is 0. The zero-order valence-electron chi connectivity index (χ0n) is 9.13. The van der Waals surface area contributed by atoms with Crippen molar-refractivity contribution >= 4 is 0 Å². The number of alkyl halides is 2. The lowest BCUT2D eigenvalue weighted by atomic mass is 9.71. The second-order valence-electron chi connectivity index (χ2n) is 4.56. The lowest BCUT2D eigenvalue weighted by molar-refractivity contribution is 0.146. The van der Waals surface area contributed by atoms with Crippen LogP contribution in [-0.2, 0) is 5.54 Å². The molecule has 0 atom stereocenters. The van der Waals surface area contributed by atoms with Crippen LogP contribution in [-0.4, -0.2) is 5.11 Å². The van der Waals surface area contributed by atoms with Gasteiger partial charge in [0.05, 0.1) is 5.56 Å². The van der Waals surface area contributed by atoms with E-state index in [2.05, 4.69) is 0 Å². The number of benzene rings is 1. The predicted molar refractivity (Wildman–Crippen MR) is 57.5 cm³/mol. The maximum absolute atomic E-state index is 12.7. The molecule has 4 heteroatoms. The first-order chi connectivity index (χ1) is 7.44. The van der Waals surface area contributed by atoms with Gasteiger partial charge >= 0.3 is 0 Å². The summed E-state index contributed by atoms with van der Waals surface area (Å²) in [5, 5.41) is 9.82. The number of aryl methyl sites for hydroxylation is 1. The van der Waals surface area contributed by atoms with Crippen molar-refractivity contribution in [3.05, 3.63) is 28.8 Å². The number of phenolic OH excluding ortho intramolecular Hbond substituents is 1. The average Bonchev–Trinajstić information content (AvgIpc) is 2.17. The van der Waals surface area contributed by atoms with Crippen molar-refractivity contribution < 1.29 is 13.9 Å². The standard InChI is InChI=1S/C12H15F2NO/c1-7-5-8(11(13)14)10(16)9(6-7)12(15)3-2-4-12/h5-6,11,16H,2-4,15H2,1H3. The first-order valence-electron chi connectivity index (χ1n) is 5.35. The third kappa shape index (κ3) is 1.67.